The van der Waals surface area contributed by atoms with Crippen LogP contribution in [-0.2, 0) is 0 Å². The quantitative estimate of drug-likeness (QED) is 0.515. The van der Waals surface area contributed by atoms with Gasteiger partial charge in [0.2, 0.25) is 0 Å². The van der Waals surface area contributed by atoms with Gasteiger partial charge in [0, 0.05) is 29.4 Å². The Bertz CT molecular complexity index is 1190. The number of pyridine rings is 2. The summed E-state index contributed by atoms with van der Waals surface area (Å²) in [5.41, 5.74) is 8.92. The molecule has 29 heavy (non-hydrogen) atoms. The standard InChI is InChI=1S/C21H18N4O3S/c1-27-13-3-5-16(17(11-13)28-2)24-20(26)19-18(22)14-4-6-15(25-21(14)29-19)12-7-9-23-10-8-12/h3-11H,22H2,1-2H3,(H,24,26). The van der Waals surface area contributed by atoms with Gasteiger partial charge in [-0.25, -0.2) is 4.98 Å². The van der Waals surface area contributed by atoms with Gasteiger partial charge >= 0.3 is 0 Å². The third-order valence-corrected chi connectivity index (χ3v) is 5.55. The number of amides is 1. The lowest BCUT2D eigenvalue weighted by molar-refractivity contribution is 0.103. The number of nitrogen functional groups attached to an aromatic ring is 1. The Hall–Kier alpha value is -3.65. The first-order valence-electron chi connectivity index (χ1n) is 8.73. The van der Waals surface area contributed by atoms with Crippen LogP contribution in [0.15, 0.2) is 54.9 Å². The maximum atomic E-state index is 12.9. The van der Waals surface area contributed by atoms with E-state index in [4.69, 9.17) is 15.2 Å². The second kappa shape index (κ2) is 7.76. The summed E-state index contributed by atoms with van der Waals surface area (Å²) in [6, 6.07) is 12.7. The molecule has 0 atom stereocenters. The first-order valence-corrected chi connectivity index (χ1v) is 9.55. The number of anilines is 2. The average molecular weight is 406 g/mol. The Labute approximate surface area is 171 Å². The zero-order chi connectivity index (χ0) is 20.4. The molecule has 1 amide bonds. The molecule has 3 aromatic heterocycles. The molecule has 1 aromatic carbocycles. The number of carbonyl (C=O) groups excluding carboxylic acids is 1. The summed E-state index contributed by atoms with van der Waals surface area (Å²) < 4.78 is 10.5. The van der Waals surface area contributed by atoms with Crippen molar-refractivity contribution in [2.75, 3.05) is 25.3 Å². The number of aromatic nitrogens is 2. The molecule has 0 aliphatic rings. The lowest BCUT2D eigenvalue weighted by Gasteiger charge is -2.11. The summed E-state index contributed by atoms with van der Waals surface area (Å²) >= 11 is 1.25. The highest BCUT2D eigenvalue weighted by Crippen LogP contribution is 2.36. The molecule has 3 N–H and O–H groups in total. The number of rotatable bonds is 5. The molecule has 4 rings (SSSR count). The van der Waals surface area contributed by atoms with Crippen LogP contribution in [0, 0.1) is 0 Å². The Morgan fingerprint density at radius 3 is 2.59 bits per heavy atom. The molecule has 4 aromatic rings. The molecule has 0 aliphatic heterocycles. The second-order valence-electron chi connectivity index (χ2n) is 6.15. The zero-order valence-corrected chi connectivity index (χ0v) is 16.6. The molecule has 0 radical (unpaired) electrons. The number of carbonyl (C=O) groups is 1. The molecular weight excluding hydrogens is 388 g/mol. The third-order valence-electron chi connectivity index (χ3n) is 4.43. The number of hydrogen-bond donors (Lipinski definition) is 2. The number of fused-ring (bicyclic) bond motifs is 1. The SMILES string of the molecule is COc1ccc(NC(=O)c2sc3nc(-c4ccncc4)ccc3c2N)c(OC)c1. The van der Waals surface area contributed by atoms with Crippen LogP contribution in [0.25, 0.3) is 21.5 Å². The van der Waals surface area contributed by atoms with Crippen LogP contribution in [-0.4, -0.2) is 30.1 Å². The topological polar surface area (TPSA) is 99.4 Å². The van der Waals surface area contributed by atoms with Crippen LogP contribution in [0.4, 0.5) is 11.4 Å². The fourth-order valence-corrected chi connectivity index (χ4v) is 3.92. The van der Waals surface area contributed by atoms with Crippen LogP contribution in [0.5, 0.6) is 11.5 Å². The molecule has 146 valence electrons. The summed E-state index contributed by atoms with van der Waals surface area (Å²) in [7, 11) is 3.10. The summed E-state index contributed by atoms with van der Waals surface area (Å²) in [5.74, 6) is 0.809. The molecule has 8 heteroatoms. The van der Waals surface area contributed by atoms with Gasteiger partial charge in [0.1, 0.15) is 21.2 Å². The van der Waals surface area contributed by atoms with Gasteiger partial charge < -0.3 is 20.5 Å². The largest absolute Gasteiger partial charge is 0.497 e. The van der Waals surface area contributed by atoms with Crippen molar-refractivity contribution >= 4 is 38.8 Å². The van der Waals surface area contributed by atoms with Crippen LogP contribution < -0.4 is 20.5 Å². The fraction of sp³-hybridized carbons (Fsp3) is 0.0952. The zero-order valence-electron chi connectivity index (χ0n) is 15.8. The Balaban J connectivity index is 1.67. The number of nitrogens with two attached hydrogens (primary N) is 1. The summed E-state index contributed by atoms with van der Waals surface area (Å²) in [5, 5.41) is 3.60. The van der Waals surface area contributed by atoms with E-state index in [1.807, 2.05) is 24.3 Å². The van der Waals surface area contributed by atoms with Crippen LogP contribution in [0.1, 0.15) is 9.67 Å². The Kier molecular flexibility index (Phi) is 5.01. The van der Waals surface area contributed by atoms with Crippen molar-refractivity contribution in [1.29, 1.82) is 0 Å². The maximum absolute atomic E-state index is 12.9. The maximum Gasteiger partial charge on any atom is 0.268 e. The van der Waals surface area contributed by atoms with Crippen molar-refractivity contribution in [1.82, 2.24) is 9.97 Å². The number of methoxy groups -OCH3 is 2. The van der Waals surface area contributed by atoms with E-state index in [0.29, 0.717) is 32.6 Å². The van der Waals surface area contributed by atoms with Crippen molar-refractivity contribution < 1.29 is 14.3 Å². The molecule has 0 aliphatic carbocycles. The minimum atomic E-state index is -0.320. The molecule has 0 saturated carbocycles. The van der Waals surface area contributed by atoms with Gasteiger partial charge in [0.05, 0.1) is 31.3 Å². The van der Waals surface area contributed by atoms with Crippen molar-refractivity contribution in [3.05, 3.63) is 59.7 Å². The van der Waals surface area contributed by atoms with E-state index in [0.717, 1.165) is 16.6 Å². The number of nitrogens with zero attached hydrogens (tertiary/aromatic N) is 2. The lowest BCUT2D eigenvalue weighted by atomic mass is 10.1. The third kappa shape index (κ3) is 3.57. The van der Waals surface area contributed by atoms with E-state index < -0.39 is 0 Å². The first kappa shape index (κ1) is 18.7. The average Bonchev–Trinajstić information content (AvgIpc) is 3.10. The van der Waals surface area contributed by atoms with Crippen LogP contribution >= 0.6 is 11.3 Å². The van der Waals surface area contributed by atoms with Crippen molar-refractivity contribution in [3.63, 3.8) is 0 Å². The Morgan fingerprint density at radius 2 is 1.86 bits per heavy atom. The van der Waals surface area contributed by atoms with E-state index in [-0.39, 0.29) is 5.91 Å². The Morgan fingerprint density at radius 1 is 1.07 bits per heavy atom. The molecule has 3 heterocycles. The van der Waals surface area contributed by atoms with E-state index in [9.17, 15) is 4.79 Å². The normalized spacial score (nSPS) is 10.7. The van der Waals surface area contributed by atoms with Crippen LogP contribution in [0.3, 0.4) is 0 Å². The van der Waals surface area contributed by atoms with Gasteiger partial charge in [-0.15, -0.1) is 11.3 Å². The van der Waals surface area contributed by atoms with Crippen LogP contribution in [0.2, 0.25) is 0 Å². The summed E-state index contributed by atoms with van der Waals surface area (Å²) in [4.78, 5) is 22.7. The number of ether oxygens (including phenoxy) is 2. The minimum absolute atomic E-state index is 0.320. The highest BCUT2D eigenvalue weighted by Gasteiger charge is 2.19. The van der Waals surface area contributed by atoms with Crippen molar-refractivity contribution in [3.8, 4) is 22.8 Å². The second-order valence-corrected chi connectivity index (χ2v) is 7.15. The predicted molar refractivity (Wildman–Crippen MR) is 115 cm³/mol. The van der Waals surface area contributed by atoms with E-state index in [2.05, 4.69) is 15.3 Å². The summed E-state index contributed by atoms with van der Waals surface area (Å²) in [6.45, 7) is 0. The summed E-state index contributed by atoms with van der Waals surface area (Å²) in [6.07, 6.45) is 3.43. The van der Waals surface area contributed by atoms with Gasteiger partial charge in [0.25, 0.3) is 5.91 Å². The predicted octanol–water partition coefficient (Wildman–Crippen LogP) is 4.21. The highest BCUT2D eigenvalue weighted by atomic mass is 32.1. The number of hydrogen-bond acceptors (Lipinski definition) is 7. The van der Waals surface area contributed by atoms with Gasteiger partial charge in [0.15, 0.2) is 0 Å². The van der Waals surface area contributed by atoms with Crippen molar-refractivity contribution in [2.24, 2.45) is 0 Å². The molecular formula is C21H18N4O3S. The van der Waals surface area contributed by atoms with E-state index in [1.54, 1.807) is 37.7 Å². The van der Waals surface area contributed by atoms with E-state index in [1.165, 1.54) is 18.4 Å². The number of thiophene rings is 1. The fourth-order valence-electron chi connectivity index (χ4n) is 2.93. The smallest absolute Gasteiger partial charge is 0.268 e. The molecule has 0 saturated heterocycles. The molecule has 7 nitrogen and oxygen atoms in total. The lowest BCUT2D eigenvalue weighted by Crippen LogP contribution is -2.12. The van der Waals surface area contributed by atoms with Gasteiger partial charge in [-0.1, -0.05) is 0 Å². The van der Waals surface area contributed by atoms with E-state index >= 15 is 0 Å². The molecule has 0 unspecified atom stereocenters. The first-order chi connectivity index (χ1) is 14.1. The van der Waals surface area contributed by atoms with Gasteiger partial charge in [-0.05, 0) is 36.4 Å². The van der Waals surface area contributed by atoms with Gasteiger partial charge in [-0.2, -0.15) is 0 Å². The molecule has 0 spiro atoms. The van der Waals surface area contributed by atoms with Gasteiger partial charge in [-0.3, -0.25) is 9.78 Å². The molecule has 0 fully saturated rings. The minimum Gasteiger partial charge on any atom is -0.497 e. The molecule has 0 bridgehead atoms. The van der Waals surface area contributed by atoms with Crippen molar-refractivity contribution in [2.45, 2.75) is 0 Å². The monoisotopic (exact) mass is 406 g/mol. The number of nitrogens with one attached hydrogen (secondary N) is 1. The highest BCUT2D eigenvalue weighted by molar-refractivity contribution is 7.21. The number of benzene rings is 1.